The fourth-order valence-corrected chi connectivity index (χ4v) is 7.01. The van der Waals surface area contributed by atoms with E-state index < -0.39 is 6.04 Å². The van der Waals surface area contributed by atoms with Gasteiger partial charge in [-0.2, -0.15) is 0 Å². The molecule has 0 radical (unpaired) electrons. The molecule has 258 valence electrons. The van der Waals surface area contributed by atoms with Gasteiger partial charge >= 0.3 is 0 Å². The first kappa shape index (κ1) is 35.6. The molecule has 2 unspecified atom stereocenters. The number of benzene rings is 3. The van der Waals surface area contributed by atoms with Gasteiger partial charge in [-0.1, -0.05) is 106 Å². The van der Waals surface area contributed by atoms with Crippen molar-refractivity contribution in [2.75, 3.05) is 19.6 Å². The first-order chi connectivity index (χ1) is 23.4. The average molecular weight is 653 g/mol. The van der Waals surface area contributed by atoms with Crippen LogP contribution in [0.2, 0.25) is 0 Å². The van der Waals surface area contributed by atoms with Crippen LogP contribution in [0.3, 0.4) is 0 Å². The number of nitrogens with zero attached hydrogens (tertiary/aromatic N) is 1. The van der Waals surface area contributed by atoms with E-state index in [2.05, 4.69) is 59.0 Å². The Bertz CT molecular complexity index is 1370. The molecule has 5 rings (SSSR count). The van der Waals surface area contributed by atoms with Crippen molar-refractivity contribution in [2.24, 2.45) is 11.8 Å². The molecular formula is C41H56N4O3. The number of rotatable bonds is 16. The summed E-state index contributed by atoms with van der Waals surface area (Å²) in [7, 11) is 0. The highest BCUT2D eigenvalue weighted by atomic mass is 16.5. The molecule has 1 aliphatic heterocycles. The summed E-state index contributed by atoms with van der Waals surface area (Å²) in [5.74, 6) is 1.57. The van der Waals surface area contributed by atoms with Crippen LogP contribution in [0.1, 0.15) is 81.9 Å². The molecule has 7 heteroatoms. The third-order valence-corrected chi connectivity index (χ3v) is 9.83. The van der Waals surface area contributed by atoms with Crippen molar-refractivity contribution < 1.29 is 14.3 Å². The van der Waals surface area contributed by atoms with E-state index in [-0.39, 0.29) is 23.9 Å². The SMILES string of the molecule is CC(C)CC(NCC1CCCCC1)C(=O)NC(Cc1ccc(OCc2ccccc2)cc1)C(=O)NC1CCN(Cc2ccccc2)CC1. The van der Waals surface area contributed by atoms with Crippen LogP contribution in [0.15, 0.2) is 84.9 Å². The van der Waals surface area contributed by atoms with Crippen LogP contribution >= 0.6 is 0 Å². The number of nitrogens with one attached hydrogen (secondary N) is 3. The van der Waals surface area contributed by atoms with Gasteiger partial charge in [0.1, 0.15) is 18.4 Å². The normalized spacial score (nSPS) is 17.5. The predicted octanol–water partition coefficient (Wildman–Crippen LogP) is 6.66. The molecule has 3 aromatic carbocycles. The fraction of sp³-hybridized carbons (Fsp3) is 0.512. The maximum atomic E-state index is 13.9. The molecule has 7 nitrogen and oxygen atoms in total. The molecule has 0 spiro atoms. The minimum Gasteiger partial charge on any atom is -0.489 e. The zero-order chi connectivity index (χ0) is 33.6. The molecule has 0 aromatic heterocycles. The van der Waals surface area contributed by atoms with E-state index in [0.717, 1.165) is 62.3 Å². The van der Waals surface area contributed by atoms with Crippen molar-refractivity contribution in [1.82, 2.24) is 20.9 Å². The number of carbonyl (C=O) groups excluding carboxylic acids is 2. The second kappa shape index (κ2) is 18.8. The second-order valence-corrected chi connectivity index (χ2v) is 14.3. The minimum atomic E-state index is -0.665. The van der Waals surface area contributed by atoms with Crippen LogP contribution in [0, 0.1) is 11.8 Å². The van der Waals surface area contributed by atoms with Crippen molar-refractivity contribution >= 4 is 11.8 Å². The third-order valence-electron chi connectivity index (χ3n) is 9.83. The summed E-state index contributed by atoms with van der Waals surface area (Å²) in [5.41, 5.74) is 3.41. The van der Waals surface area contributed by atoms with Crippen LogP contribution in [0.4, 0.5) is 0 Å². The molecule has 2 fully saturated rings. The molecule has 1 aliphatic carbocycles. The molecule has 1 saturated carbocycles. The molecular weight excluding hydrogens is 596 g/mol. The lowest BCUT2D eigenvalue weighted by atomic mass is 9.89. The van der Waals surface area contributed by atoms with Crippen LogP contribution in [-0.4, -0.2) is 54.5 Å². The molecule has 2 amide bonds. The first-order valence-corrected chi connectivity index (χ1v) is 18.3. The van der Waals surface area contributed by atoms with Gasteiger partial charge in [-0.3, -0.25) is 14.5 Å². The van der Waals surface area contributed by atoms with E-state index in [9.17, 15) is 9.59 Å². The average Bonchev–Trinajstić information content (AvgIpc) is 3.11. The molecule has 1 saturated heterocycles. The number of ether oxygens (including phenoxy) is 1. The van der Waals surface area contributed by atoms with Crippen LogP contribution in [0.25, 0.3) is 0 Å². The van der Waals surface area contributed by atoms with Crippen molar-refractivity contribution in [3.63, 3.8) is 0 Å². The second-order valence-electron chi connectivity index (χ2n) is 14.3. The Balaban J connectivity index is 1.21. The number of hydrogen-bond acceptors (Lipinski definition) is 5. The summed E-state index contributed by atoms with van der Waals surface area (Å²) in [6.45, 7) is 8.45. The van der Waals surface area contributed by atoms with E-state index in [1.807, 2.05) is 60.7 Å². The summed E-state index contributed by atoms with van der Waals surface area (Å²) < 4.78 is 5.99. The number of amides is 2. The lowest BCUT2D eigenvalue weighted by molar-refractivity contribution is -0.130. The highest BCUT2D eigenvalue weighted by Gasteiger charge is 2.29. The minimum absolute atomic E-state index is 0.0832. The molecule has 48 heavy (non-hydrogen) atoms. The maximum absolute atomic E-state index is 13.9. The van der Waals surface area contributed by atoms with Crippen LogP contribution in [-0.2, 0) is 29.2 Å². The lowest BCUT2D eigenvalue weighted by Gasteiger charge is -2.33. The van der Waals surface area contributed by atoms with Gasteiger partial charge in [0.05, 0.1) is 6.04 Å². The van der Waals surface area contributed by atoms with Gasteiger partial charge in [0, 0.05) is 32.1 Å². The predicted molar refractivity (Wildman–Crippen MR) is 194 cm³/mol. The highest BCUT2D eigenvalue weighted by molar-refractivity contribution is 5.90. The lowest BCUT2D eigenvalue weighted by Crippen LogP contribution is -2.56. The van der Waals surface area contributed by atoms with Gasteiger partial charge < -0.3 is 20.7 Å². The first-order valence-electron chi connectivity index (χ1n) is 18.3. The Kier molecular flexibility index (Phi) is 13.9. The van der Waals surface area contributed by atoms with E-state index in [1.165, 1.54) is 37.7 Å². The Morgan fingerprint density at radius 2 is 1.40 bits per heavy atom. The van der Waals surface area contributed by atoms with Gasteiger partial charge in [-0.25, -0.2) is 0 Å². The van der Waals surface area contributed by atoms with Crippen molar-refractivity contribution in [2.45, 2.75) is 103 Å². The molecule has 2 aliphatic rings. The number of piperidine rings is 1. The largest absolute Gasteiger partial charge is 0.489 e. The van der Waals surface area contributed by atoms with E-state index >= 15 is 0 Å². The molecule has 0 bridgehead atoms. The van der Waals surface area contributed by atoms with Gasteiger partial charge in [0.2, 0.25) is 11.8 Å². The monoisotopic (exact) mass is 652 g/mol. The Morgan fingerprint density at radius 1 is 0.750 bits per heavy atom. The van der Waals surface area contributed by atoms with Gasteiger partial charge in [0.25, 0.3) is 0 Å². The molecule has 2 atom stereocenters. The zero-order valence-electron chi connectivity index (χ0n) is 29.0. The van der Waals surface area contributed by atoms with Crippen LogP contribution < -0.4 is 20.7 Å². The summed E-state index contributed by atoms with van der Waals surface area (Å²) >= 11 is 0. The summed E-state index contributed by atoms with van der Waals surface area (Å²) in [6, 6.07) is 27.7. The van der Waals surface area contributed by atoms with Gasteiger partial charge in [0.15, 0.2) is 0 Å². The number of likely N-dealkylation sites (tertiary alicyclic amines) is 1. The topological polar surface area (TPSA) is 82.7 Å². The quantitative estimate of drug-likeness (QED) is 0.161. The highest BCUT2D eigenvalue weighted by Crippen LogP contribution is 2.23. The third kappa shape index (κ3) is 11.8. The van der Waals surface area contributed by atoms with E-state index in [0.29, 0.717) is 24.9 Å². The molecule has 3 N–H and O–H groups in total. The maximum Gasteiger partial charge on any atom is 0.243 e. The van der Waals surface area contributed by atoms with Gasteiger partial charge in [-0.05, 0) is 79.3 Å². The standard InChI is InChI=1S/C41H56N4O3/c1-31(2)26-38(42-28-33-12-6-3-7-13-33)40(46)44-39(27-32-18-20-37(21-19-32)48-30-35-16-10-5-11-17-35)41(47)43-36-22-24-45(25-23-36)29-34-14-8-4-9-15-34/h4-5,8-11,14-21,31,33,36,38-39,42H,3,6-7,12-13,22-30H2,1-2H3,(H,43,47)(H,44,46). The summed E-state index contributed by atoms with van der Waals surface area (Å²) in [4.78, 5) is 30.2. The summed E-state index contributed by atoms with van der Waals surface area (Å²) in [6.07, 6.45) is 9.26. The Labute approximate surface area is 288 Å². The van der Waals surface area contributed by atoms with Crippen LogP contribution in [0.5, 0.6) is 5.75 Å². The number of carbonyl (C=O) groups is 2. The van der Waals surface area contributed by atoms with Crippen molar-refractivity contribution in [3.8, 4) is 5.75 Å². The zero-order valence-corrected chi connectivity index (χ0v) is 29.0. The summed E-state index contributed by atoms with van der Waals surface area (Å²) in [5, 5.41) is 10.1. The fourth-order valence-electron chi connectivity index (χ4n) is 7.01. The smallest absolute Gasteiger partial charge is 0.243 e. The van der Waals surface area contributed by atoms with Crippen molar-refractivity contribution in [3.05, 3.63) is 102 Å². The van der Waals surface area contributed by atoms with E-state index in [4.69, 9.17) is 4.74 Å². The molecule has 3 aromatic rings. The molecule has 1 heterocycles. The number of hydrogen-bond donors (Lipinski definition) is 3. The van der Waals surface area contributed by atoms with E-state index in [1.54, 1.807) is 0 Å². The van der Waals surface area contributed by atoms with Gasteiger partial charge in [-0.15, -0.1) is 0 Å². The Hall–Kier alpha value is -3.68. The Morgan fingerprint density at radius 3 is 2.04 bits per heavy atom. The van der Waals surface area contributed by atoms with Crippen molar-refractivity contribution in [1.29, 1.82) is 0 Å².